The van der Waals surface area contributed by atoms with Crippen LogP contribution in [0.25, 0.3) is 0 Å². The molecule has 1 N–H and O–H groups in total. The molecule has 1 aromatic carbocycles. The van der Waals surface area contributed by atoms with Gasteiger partial charge in [-0.25, -0.2) is 0 Å². The predicted molar refractivity (Wildman–Crippen MR) is 76.5 cm³/mol. The summed E-state index contributed by atoms with van der Waals surface area (Å²) in [5.41, 5.74) is -0.757. The van der Waals surface area contributed by atoms with Crippen LogP contribution in [0, 0.1) is 5.92 Å². The van der Waals surface area contributed by atoms with Crippen molar-refractivity contribution >= 4 is 34.2 Å². The number of halogens is 4. The Morgan fingerprint density at radius 2 is 2.05 bits per heavy atom. The fourth-order valence-electron chi connectivity index (χ4n) is 2.15. The highest BCUT2D eigenvalue weighted by molar-refractivity contribution is 8.15. The summed E-state index contributed by atoms with van der Waals surface area (Å²) < 4.78 is 38.9. The van der Waals surface area contributed by atoms with Crippen molar-refractivity contribution < 1.29 is 13.2 Å². The lowest BCUT2D eigenvalue weighted by Gasteiger charge is -2.15. The number of hydrogen-bond acceptors (Lipinski definition) is 3. The van der Waals surface area contributed by atoms with Gasteiger partial charge in [-0.2, -0.15) is 13.2 Å². The molecule has 1 atom stereocenters. The normalized spacial score (nSPS) is 22.8. The average Bonchev–Trinajstić information content (AvgIpc) is 3.11. The van der Waals surface area contributed by atoms with Gasteiger partial charge in [-0.1, -0.05) is 23.4 Å². The molecule has 1 aliphatic carbocycles. The van der Waals surface area contributed by atoms with E-state index < -0.39 is 11.7 Å². The number of alkyl halides is 3. The Hall–Kier alpha value is -0.880. The molecule has 1 fully saturated rings. The molecule has 2 nitrogen and oxygen atoms in total. The SMILES string of the molecule is FC(F)(F)c1cc(Cl)ccc1NC1=NCC(C2CC2)S1. The number of hydrogen-bond donors (Lipinski definition) is 1. The van der Waals surface area contributed by atoms with Crippen molar-refractivity contribution in [2.24, 2.45) is 10.9 Å². The molecule has 0 radical (unpaired) electrons. The average molecular weight is 321 g/mol. The molecule has 0 spiro atoms. The number of anilines is 1. The number of aliphatic imine (C=N–C) groups is 1. The van der Waals surface area contributed by atoms with E-state index in [1.54, 1.807) is 0 Å². The summed E-state index contributed by atoms with van der Waals surface area (Å²) >= 11 is 7.19. The van der Waals surface area contributed by atoms with Gasteiger partial charge >= 0.3 is 6.18 Å². The van der Waals surface area contributed by atoms with Gasteiger partial charge in [0, 0.05) is 10.3 Å². The van der Waals surface area contributed by atoms with E-state index in [1.165, 1.54) is 36.7 Å². The standard InChI is InChI=1S/C13H12ClF3N2S/c14-8-3-4-10(9(5-8)13(15,16)17)19-12-18-6-11(20-12)7-1-2-7/h3-5,7,11H,1-2,6H2,(H,18,19). The minimum Gasteiger partial charge on any atom is -0.334 e. The second-order valence-corrected chi connectivity index (χ2v) is 6.62. The lowest BCUT2D eigenvalue weighted by molar-refractivity contribution is -0.136. The number of nitrogens with zero attached hydrogens (tertiary/aromatic N) is 1. The highest BCUT2D eigenvalue weighted by Gasteiger charge is 2.37. The smallest absolute Gasteiger partial charge is 0.334 e. The molecule has 1 aliphatic heterocycles. The van der Waals surface area contributed by atoms with Gasteiger partial charge in [0.1, 0.15) is 0 Å². The van der Waals surface area contributed by atoms with Gasteiger partial charge in [0.25, 0.3) is 0 Å². The lowest BCUT2D eigenvalue weighted by atomic mass is 10.1. The lowest BCUT2D eigenvalue weighted by Crippen LogP contribution is -2.14. The second-order valence-electron chi connectivity index (χ2n) is 4.95. The third kappa shape index (κ3) is 3.06. The third-order valence-electron chi connectivity index (χ3n) is 3.35. The van der Waals surface area contributed by atoms with Gasteiger partial charge in [-0.05, 0) is 37.0 Å². The zero-order chi connectivity index (χ0) is 14.3. The first-order valence-corrected chi connectivity index (χ1v) is 7.54. The Morgan fingerprint density at radius 1 is 1.30 bits per heavy atom. The molecule has 0 amide bonds. The van der Waals surface area contributed by atoms with Crippen LogP contribution in [0.5, 0.6) is 0 Å². The Morgan fingerprint density at radius 3 is 2.70 bits per heavy atom. The van der Waals surface area contributed by atoms with Crippen molar-refractivity contribution in [2.75, 3.05) is 11.9 Å². The maximum atomic E-state index is 13.0. The van der Waals surface area contributed by atoms with Gasteiger partial charge in [0.15, 0.2) is 5.17 Å². The van der Waals surface area contributed by atoms with Crippen molar-refractivity contribution in [3.8, 4) is 0 Å². The summed E-state index contributed by atoms with van der Waals surface area (Å²) in [6, 6.07) is 3.72. The number of rotatable bonds is 2. The van der Waals surface area contributed by atoms with E-state index in [-0.39, 0.29) is 10.7 Å². The highest BCUT2D eigenvalue weighted by Crippen LogP contribution is 2.43. The molecular weight excluding hydrogens is 309 g/mol. The molecule has 2 aliphatic rings. The van der Waals surface area contributed by atoms with Gasteiger partial charge in [-0.3, -0.25) is 4.99 Å². The zero-order valence-corrected chi connectivity index (χ0v) is 11.9. The molecule has 0 saturated heterocycles. The minimum absolute atomic E-state index is 0.00426. The second kappa shape index (κ2) is 5.15. The quantitative estimate of drug-likeness (QED) is 0.857. The number of thioether (sulfide) groups is 1. The zero-order valence-electron chi connectivity index (χ0n) is 10.4. The first kappa shape index (κ1) is 14.1. The minimum atomic E-state index is -4.44. The molecule has 1 aromatic rings. The Balaban J connectivity index is 1.77. The first-order chi connectivity index (χ1) is 9.43. The van der Waals surface area contributed by atoms with Crippen LogP contribution >= 0.6 is 23.4 Å². The Labute approximate surface area is 123 Å². The van der Waals surface area contributed by atoms with Crippen molar-refractivity contribution in [3.63, 3.8) is 0 Å². The van der Waals surface area contributed by atoms with Gasteiger partial charge in [-0.15, -0.1) is 0 Å². The third-order valence-corrected chi connectivity index (χ3v) is 4.88. The van der Waals surface area contributed by atoms with Crippen LogP contribution in [-0.4, -0.2) is 17.0 Å². The maximum Gasteiger partial charge on any atom is 0.418 e. The van der Waals surface area contributed by atoms with Crippen LogP contribution in [-0.2, 0) is 6.18 Å². The van der Waals surface area contributed by atoms with Crippen molar-refractivity contribution in [3.05, 3.63) is 28.8 Å². The summed E-state index contributed by atoms with van der Waals surface area (Å²) in [5, 5.41) is 3.84. The fourth-order valence-corrected chi connectivity index (χ4v) is 3.54. The molecule has 0 bridgehead atoms. The van der Waals surface area contributed by atoms with Gasteiger partial charge < -0.3 is 5.32 Å². The maximum absolute atomic E-state index is 13.0. The van der Waals surface area contributed by atoms with Gasteiger partial charge in [0.2, 0.25) is 0 Å². The van der Waals surface area contributed by atoms with E-state index >= 15 is 0 Å². The van der Waals surface area contributed by atoms with Crippen molar-refractivity contribution in [1.82, 2.24) is 0 Å². The van der Waals surface area contributed by atoms with E-state index in [2.05, 4.69) is 10.3 Å². The monoisotopic (exact) mass is 320 g/mol. The molecule has 0 aromatic heterocycles. The predicted octanol–water partition coefficient (Wildman–Crippen LogP) is 4.65. The van der Waals surface area contributed by atoms with Gasteiger partial charge in [0.05, 0.1) is 17.8 Å². The topological polar surface area (TPSA) is 24.4 Å². The van der Waals surface area contributed by atoms with E-state index in [0.29, 0.717) is 22.9 Å². The molecule has 108 valence electrons. The largest absolute Gasteiger partial charge is 0.418 e. The first-order valence-electron chi connectivity index (χ1n) is 6.28. The van der Waals surface area contributed by atoms with Crippen LogP contribution < -0.4 is 5.32 Å². The van der Waals surface area contributed by atoms with Crippen molar-refractivity contribution in [2.45, 2.75) is 24.3 Å². The number of nitrogens with one attached hydrogen (secondary N) is 1. The molecule has 1 unspecified atom stereocenters. The Kier molecular flexibility index (Phi) is 3.62. The van der Waals surface area contributed by atoms with Crippen LogP contribution in [0.1, 0.15) is 18.4 Å². The summed E-state index contributed by atoms with van der Waals surface area (Å²) in [4.78, 5) is 4.29. The molecule has 1 saturated carbocycles. The number of amidine groups is 1. The van der Waals surface area contributed by atoms with Crippen molar-refractivity contribution in [1.29, 1.82) is 0 Å². The van der Waals surface area contributed by atoms with E-state index in [0.717, 1.165) is 6.07 Å². The summed E-state index contributed by atoms with van der Waals surface area (Å²) in [7, 11) is 0. The molecular formula is C13H12ClF3N2S. The molecule has 20 heavy (non-hydrogen) atoms. The van der Waals surface area contributed by atoms with Crippen LogP contribution in [0.4, 0.5) is 18.9 Å². The van der Waals surface area contributed by atoms with Crippen LogP contribution in [0.15, 0.2) is 23.2 Å². The summed E-state index contributed by atoms with van der Waals surface area (Å²) in [6.07, 6.45) is -2.03. The summed E-state index contributed by atoms with van der Waals surface area (Å²) in [6.45, 7) is 0.687. The molecule has 1 heterocycles. The Bertz CT molecular complexity index is 555. The fraction of sp³-hybridized carbons (Fsp3) is 0.462. The van der Waals surface area contributed by atoms with E-state index in [4.69, 9.17) is 11.6 Å². The number of benzene rings is 1. The van der Waals surface area contributed by atoms with Crippen LogP contribution in [0.2, 0.25) is 5.02 Å². The van der Waals surface area contributed by atoms with Crippen LogP contribution in [0.3, 0.4) is 0 Å². The highest BCUT2D eigenvalue weighted by atomic mass is 35.5. The van der Waals surface area contributed by atoms with E-state index in [9.17, 15) is 13.2 Å². The summed E-state index contributed by atoms with van der Waals surface area (Å²) in [5.74, 6) is 0.676. The molecule has 3 rings (SSSR count). The van der Waals surface area contributed by atoms with E-state index in [1.807, 2.05) is 0 Å². The molecule has 7 heteroatoms.